The summed E-state index contributed by atoms with van der Waals surface area (Å²) in [6.07, 6.45) is 0.497. The lowest BCUT2D eigenvalue weighted by atomic mass is 9.91. The second kappa shape index (κ2) is 4.60. The lowest BCUT2D eigenvalue weighted by Crippen LogP contribution is -2.20. The maximum atomic E-state index is 11.9. The van der Waals surface area contributed by atoms with Crippen molar-refractivity contribution in [3.63, 3.8) is 0 Å². The van der Waals surface area contributed by atoms with Crippen LogP contribution in [0.2, 0.25) is 0 Å². The van der Waals surface area contributed by atoms with Gasteiger partial charge in [0.25, 0.3) is 0 Å². The van der Waals surface area contributed by atoms with E-state index in [1.165, 1.54) is 0 Å². The molecule has 1 aromatic rings. The Labute approximate surface area is 91.5 Å². The summed E-state index contributed by atoms with van der Waals surface area (Å²) in [4.78, 5) is 11.9. The third-order valence-corrected chi connectivity index (χ3v) is 2.96. The van der Waals surface area contributed by atoms with Gasteiger partial charge in [-0.25, -0.2) is 0 Å². The van der Waals surface area contributed by atoms with Crippen molar-refractivity contribution < 1.29 is 4.79 Å². The Bertz CT molecular complexity index is 353. The Kier molecular flexibility index (Phi) is 3.66. The van der Waals surface area contributed by atoms with Crippen LogP contribution in [0.5, 0.6) is 0 Å². The minimum Gasteiger partial charge on any atom is -0.299 e. The molecule has 1 rings (SSSR count). The number of aryl methyl sites for hydroxylation is 2. The van der Waals surface area contributed by atoms with Gasteiger partial charge < -0.3 is 0 Å². The van der Waals surface area contributed by atoms with Gasteiger partial charge in [0, 0.05) is 25.1 Å². The first kappa shape index (κ1) is 12.0. The zero-order chi connectivity index (χ0) is 11.6. The van der Waals surface area contributed by atoms with Crippen molar-refractivity contribution in [1.82, 2.24) is 9.78 Å². The molecule has 1 unspecified atom stereocenters. The lowest BCUT2D eigenvalue weighted by Gasteiger charge is -2.13. The molecule has 0 amide bonds. The standard InChI is InChI=1S/C12H20N2O/c1-8(2)10(4)12(15)7-11-6-9(3)13-14(11)5/h6,8,10H,7H2,1-5H3. The van der Waals surface area contributed by atoms with Gasteiger partial charge in [0.2, 0.25) is 0 Å². The lowest BCUT2D eigenvalue weighted by molar-refractivity contribution is -0.123. The molecular formula is C12H20N2O. The highest BCUT2D eigenvalue weighted by atomic mass is 16.1. The van der Waals surface area contributed by atoms with Crippen molar-refractivity contribution in [1.29, 1.82) is 0 Å². The van der Waals surface area contributed by atoms with Crippen LogP contribution in [0, 0.1) is 18.8 Å². The van der Waals surface area contributed by atoms with E-state index in [-0.39, 0.29) is 5.92 Å². The molecule has 1 aromatic heterocycles. The van der Waals surface area contributed by atoms with E-state index < -0.39 is 0 Å². The molecule has 84 valence electrons. The summed E-state index contributed by atoms with van der Waals surface area (Å²) in [7, 11) is 1.88. The first-order valence-electron chi connectivity index (χ1n) is 5.44. The number of hydrogen-bond donors (Lipinski definition) is 0. The molecule has 0 radical (unpaired) electrons. The summed E-state index contributed by atoms with van der Waals surface area (Å²) in [6, 6.07) is 1.98. The van der Waals surface area contributed by atoms with Crippen LogP contribution in [-0.2, 0) is 18.3 Å². The van der Waals surface area contributed by atoms with Gasteiger partial charge in [-0.3, -0.25) is 9.48 Å². The third kappa shape index (κ3) is 2.91. The van der Waals surface area contributed by atoms with Crippen molar-refractivity contribution in [3.8, 4) is 0 Å². The van der Waals surface area contributed by atoms with Gasteiger partial charge in [0.15, 0.2) is 0 Å². The molecule has 0 spiro atoms. The molecule has 1 atom stereocenters. The SMILES string of the molecule is Cc1cc(CC(=O)C(C)C(C)C)n(C)n1. The molecule has 0 bridgehead atoms. The Balaban J connectivity index is 2.70. The molecule has 0 aromatic carbocycles. The summed E-state index contributed by atoms with van der Waals surface area (Å²) in [5.74, 6) is 0.833. The molecule has 0 aliphatic heterocycles. The summed E-state index contributed by atoms with van der Waals surface area (Å²) >= 11 is 0. The Morgan fingerprint density at radius 3 is 2.47 bits per heavy atom. The maximum absolute atomic E-state index is 11.9. The molecule has 0 fully saturated rings. The maximum Gasteiger partial charge on any atom is 0.141 e. The van der Waals surface area contributed by atoms with Gasteiger partial charge in [-0.2, -0.15) is 5.10 Å². The van der Waals surface area contributed by atoms with E-state index in [0.717, 1.165) is 11.4 Å². The average molecular weight is 208 g/mol. The Morgan fingerprint density at radius 1 is 1.47 bits per heavy atom. The smallest absolute Gasteiger partial charge is 0.141 e. The highest BCUT2D eigenvalue weighted by molar-refractivity contribution is 5.82. The van der Waals surface area contributed by atoms with Crippen LogP contribution in [0.15, 0.2) is 6.07 Å². The molecule has 0 N–H and O–H groups in total. The van der Waals surface area contributed by atoms with Gasteiger partial charge in [-0.05, 0) is 18.9 Å². The fourth-order valence-electron chi connectivity index (χ4n) is 1.54. The molecule has 0 saturated heterocycles. The Hall–Kier alpha value is -1.12. The fourth-order valence-corrected chi connectivity index (χ4v) is 1.54. The first-order valence-corrected chi connectivity index (χ1v) is 5.44. The number of aromatic nitrogens is 2. The Morgan fingerprint density at radius 2 is 2.07 bits per heavy atom. The van der Waals surface area contributed by atoms with E-state index in [1.807, 2.05) is 27.0 Å². The zero-order valence-electron chi connectivity index (χ0n) is 10.2. The fraction of sp³-hybridized carbons (Fsp3) is 0.667. The van der Waals surface area contributed by atoms with Gasteiger partial charge >= 0.3 is 0 Å². The van der Waals surface area contributed by atoms with Crippen LogP contribution in [-0.4, -0.2) is 15.6 Å². The van der Waals surface area contributed by atoms with E-state index in [0.29, 0.717) is 18.1 Å². The van der Waals surface area contributed by atoms with Gasteiger partial charge in [0.05, 0.1) is 5.69 Å². The summed E-state index contributed by atoms with van der Waals surface area (Å²) < 4.78 is 1.79. The van der Waals surface area contributed by atoms with E-state index in [9.17, 15) is 4.79 Å². The normalized spacial score (nSPS) is 13.2. The monoisotopic (exact) mass is 208 g/mol. The quantitative estimate of drug-likeness (QED) is 0.759. The molecule has 0 aliphatic carbocycles. The number of carbonyl (C=O) groups excluding carboxylic acids is 1. The van der Waals surface area contributed by atoms with Crippen molar-refractivity contribution in [2.75, 3.05) is 0 Å². The number of nitrogens with zero attached hydrogens (tertiary/aromatic N) is 2. The molecule has 15 heavy (non-hydrogen) atoms. The average Bonchev–Trinajstić information content (AvgIpc) is 2.43. The van der Waals surface area contributed by atoms with Crippen molar-refractivity contribution >= 4 is 5.78 Å². The van der Waals surface area contributed by atoms with Crippen molar-refractivity contribution in [3.05, 3.63) is 17.5 Å². The number of ketones is 1. The van der Waals surface area contributed by atoms with E-state index in [2.05, 4.69) is 18.9 Å². The van der Waals surface area contributed by atoms with Crippen molar-refractivity contribution in [2.24, 2.45) is 18.9 Å². The minimum absolute atomic E-state index is 0.125. The molecular weight excluding hydrogens is 188 g/mol. The van der Waals surface area contributed by atoms with Gasteiger partial charge in [-0.1, -0.05) is 20.8 Å². The predicted octanol–water partition coefficient (Wildman–Crippen LogP) is 2.13. The molecule has 3 heteroatoms. The highest BCUT2D eigenvalue weighted by Crippen LogP contribution is 2.14. The summed E-state index contributed by atoms with van der Waals surface area (Å²) in [5.41, 5.74) is 1.97. The predicted molar refractivity (Wildman–Crippen MR) is 60.7 cm³/mol. The van der Waals surface area contributed by atoms with Crippen molar-refractivity contribution in [2.45, 2.75) is 34.1 Å². The second-order valence-corrected chi connectivity index (χ2v) is 4.58. The van der Waals surface area contributed by atoms with Crippen LogP contribution >= 0.6 is 0 Å². The second-order valence-electron chi connectivity index (χ2n) is 4.58. The highest BCUT2D eigenvalue weighted by Gasteiger charge is 2.18. The minimum atomic E-state index is 0.125. The number of rotatable bonds is 4. The summed E-state index contributed by atoms with van der Waals surface area (Å²) in [5, 5.41) is 4.23. The number of hydrogen-bond acceptors (Lipinski definition) is 2. The van der Waals surface area contributed by atoms with Crippen LogP contribution in [0.3, 0.4) is 0 Å². The zero-order valence-corrected chi connectivity index (χ0v) is 10.2. The van der Waals surface area contributed by atoms with Crippen LogP contribution in [0.1, 0.15) is 32.2 Å². The van der Waals surface area contributed by atoms with E-state index >= 15 is 0 Å². The molecule has 1 heterocycles. The molecule has 0 saturated carbocycles. The largest absolute Gasteiger partial charge is 0.299 e. The third-order valence-electron chi connectivity index (χ3n) is 2.96. The molecule has 3 nitrogen and oxygen atoms in total. The van der Waals surface area contributed by atoms with Gasteiger partial charge in [0.1, 0.15) is 5.78 Å². The van der Waals surface area contributed by atoms with Gasteiger partial charge in [-0.15, -0.1) is 0 Å². The first-order chi connectivity index (χ1) is 6.91. The molecule has 0 aliphatic rings. The number of Topliss-reactive ketones (excluding diaryl/α,β-unsaturated/α-hetero) is 1. The number of carbonyl (C=O) groups is 1. The van der Waals surface area contributed by atoms with E-state index in [4.69, 9.17) is 0 Å². The van der Waals surface area contributed by atoms with Crippen LogP contribution < -0.4 is 0 Å². The van der Waals surface area contributed by atoms with Crippen LogP contribution in [0.4, 0.5) is 0 Å². The summed E-state index contributed by atoms with van der Waals surface area (Å²) in [6.45, 7) is 8.10. The topological polar surface area (TPSA) is 34.9 Å². The van der Waals surface area contributed by atoms with E-state index in [1.54, 1.807) is 4.68 Å². The van der Waals surface area contributed by atoms with Crippen LogP contribution in [0.25, 0.3) is 0 Å².